The molecule has 2 aromatic heterocycles. The number of aryl methyl sites for hydroxylation is 3. The molecule has 0 aromatic carbocycles. The topological polar surface area (TPSA) is 76.7 Å². The Kier molecular flexibility index (Phi) is 2.80. The van der Waals surface area contributed by atoms with Crippen molar-refractivity contribution in [1.29, 1.82) is 0 Å². The summed E-state index contributed by atoms with van der Waals surface area (Å²) in [7, 11) is 0. The predicted molar refractivity (Wildman–Crippen MR) is 57.9 cm³/mol. The van der Waals surface area contributed by atoms with Crippen molar-refractivity contribution in [2.75, 3.05) is 5.32 Å². The Balaban J connectivity index is 2.02. The van der Waals surface area contributed by atoms with Gasteiger partial charge in [0, 0.05) is 6.07 Å². The third-order valence-corrected chi connectivity index (χ3v) is 2.19. The second kappa shape index (κ2) is 4.26. The lowest BCUT2D eigenvalue weighted by molar-refractivity contribution is 0.384. The average Bonchev–Trinajstić information content (AvgIpc) is 2.66. The van der Waals surface area contributed by atoms with Crippen LogP contribution in [0.15, 0.2) is 10.6 Å². The third kappa shape index (κ3) is 2.33. The molecule has 16 heavy (non-hydrogen) atoms. The standard InChI is InChI=1S/C10H13N5O/c1-6-4-9(16-15-6)5-11-10-12-7(2)8(3)13-14-10/h4H,5H2,1-3H3,(H,11,12,14). The highest BCUT2D eigenvalue weighted by Gasteiger charge is 2.03. The Morgan fingerprint density at radius 1 is 1.19 bits per heavy atom. The van der Waals surface area contributed by atoms with Gasteiger partial charge in [0.2, 0.25) is 5.95 Å². The van der Waals surface area contributed by atoms with Crippen LogP contribution in [0.1, 0.15) is 22.8 Å². The lowest BCUT2D eigenvalue weighted by Gasteiger charge is -2.02. The Morgan fingerprint density at radius 3 is 2.62 bits per heavy atom. The van der Waals surface area contributed by atoms with Crippen molar-refractivity contribution in [3.05, 3.63) is 28.9 Å². The first-order chi connectivity index (χ1) is 7.65. The van der Waals surface area contributed by atoms with Crippen LogP contribution >= 0.6 is 0 Å². The van der Waals surface area contributed by atoms with E-state index in [0.717, 1.165) is 22.8 Å². The molecule has 2 aromatic rings. The maximum absolute atomic E-state index is 5.05. The number of hydrogen-bond acceptors (Lipinski definition) is 6. The molecule has 0 aliphatic carbocycles. The molecular formula is C10H13N5O. The molecule has 0 atom stereocenters. The summed E-state index contributed by atoms with van der Waals surface area (Å²) in [6.07, 6.45) is 0. The summed E-state index contributed by atoms with van der Waals surface area (Å²) in [4.78, 5) is 4.25. The molecule has 2 heterocycles. The lowest BCUT2D eigenvalue weighted by Crippen LogP contribution is -2.06. The highest BCUT2D eigenvalue weighted by molar-refractivity contribution is 5.25. The molecule has 0 saturated carbocycles. The molecule has 0 amide bonds. The van der Waals surface area contributed by atoms with Crippen molar-refractivity contribution in [3.8, 4) is 0 Å². The smallest absolute Gasteiger partial charge is 0.243 e. The van der Waals surface area contributed by atoms with Crippen LogP contribution in [0.25, 0.3) is 0 Å². The minimum Gasteiger partial charge on any atom is -0.359 e. The Hall–Kier alpha value is -1.98. The third-order valence-electron chi connectivity index (χ3n) is 2.19. The predicted octanol–water partition coefficient (Wildman–Crippen LogP) is 1.40. The van der Waals surface area contributed by atoms with Crippen LogP contribution in [0.5, 0.6) is 0 Å². The van der Waals surface area contributed by atoms with E-state index in [4.69, 9.17) is 4.52 Å². The van der Waals surface area contributed by atoms with Gasteiger partial charge in [-0.3, -0.25) is 0 Å². The van der Waals surface area contributed by atoms with Crippen molar-refractivity contribution in [3.63, 3.8) is 0 Å². The number of rotatable bonds is 3. The van der Waals surface area contributed by atoms with E-state index < -0.39 is 0 Å². The minimum absolute atomic E-state index is 0.497. The van der Waals surface area contributed by atoms with E-state index in [9.17, 15) is 0 Å². The van der Waals surface area contributed by atoms with Gasteiger partial charge in [-0.15, -0.1) is 5.10 Å². The van der Waals surface area contributed by atoms with Crippen LogP contribution < -0.4 is 5.32 Å². The number of nitrogens with one attached hydrogen (secondary N) is 1. The van der Waals surface area contributed by atoms with Crippen molar-refractivity contribution >= 4 is 5.95 Å². The summed E-state index contributed by atoms with van der Waals surface area (Å²) in [5.41, 5.74) is 2.56. The van der Waals surface area contributed by atoms with Crippen molar-refractivity contribution in [1.82, 2.24) is 20.3 Å². The zero-order valence-electron chi connectivity index (χ0n) is 9.48. The number of hydrogen-bond donors (Lipinski definition) is 1. The molecule has 0 unspecified atom stereocenters. The van der Waals surface area contributed by atoms with E-state index in [2.05, 4.69) is 25.7 Å². The zero-order chi connectivity index (χ0) is 11.5. The molecule has 0 bridgehead atoms. The fourth-order valence-electron chi connectivity index (χ4n) is 1.20. The van der Waals surface area contributed by atoms with E-state index in [1.54, 1.807) is 0 Å². The first kappa shape index (κ1) is 10.5. The van der Waals surface area contributed by atoms with Crippen molar-refractivity contribution in [2.45, 2.75) is 27.3 Å². The quantitative estimate of drug-likeness (QED) is 0.840. The monoisotopic (exact) mass is 219 g/mol. The average molecular weight is 219 g/mol. The molecular weight excluding hydrogens is 206 g/mol. The minimum atomic E-state index is 0.497. The molecule has 2 rings (SSSR count). The van der Waals surface area contributed by atoms with Crippen LogP contribution in [-0.4, -0.2) is 20.3 Å². The fourth-order valence-corrected chi connectivity index (χ4v) is 1.20. The molecule has 1 N–H and O–H groups in total. The summed E-state index contributed by atoms with van der Waals surface area (Å²) in [5.74, 6) is 1.25. The van der Waals surface area contributed by atoms with Crippen LogP contribution in [0.3, 0.4) is 0 Å². The second-order valence-corrected chi connectivity index (χ2v) is 3.59. The molecule has 0 spiro atoms. The molecule has 0 aliphatic heterocycles. The number of aromatic nitrogens is 4. The van der Waals surface area contributed by atoms with Gasteiger partial charge >= 0.3 is 0 Å². The maximum Gasteiger partial charge on any atom is 0.243 e. The highest BCUT2D eigenvalue weighted by Crippen LogP contribution is 2.06. The van der Waals surface area contributed by atoms with Crippen LogP contribution in [0, 0.1) is 20.8 Å². The van der Waals surface area contributed by atoms with Gasteiger partial charge < -0.3 is 9.84 Å². The summed E-state index contributed by atoms with van der Waals surface area (Å²) < 4.78 is 5.05. The normalized spacial score (nSPS) is 10.4. The molecule has 0 radical (unpaired) electrons. The largest absolute Gasteiger partial charge is 0.359 e. The van der Waals surface area contributed by atoms with Gasteiger partial charge in [-0.05, 0) is 20.8 Å². The van der Waals surface area contributed by atoms with Gasteiger partial charge in [0.05, 0.1) is 23.6 Å². The van der Waals surface area contributed by atoms with Gasteiger partial charge in [0.1, 0.15) is 0 Å². The van der Waals surface area contributed by atoms with E-state index >= 15 is 0 Å². The van der Waals surface area contributed by atoms with E-state index in [1.807, 2.05) is 26.8 Å². The number of anilines is 1. The highest BCUT2D eigenvalue weighted by atomic mass is 16.5. The van der Waals surface area contributed by atoms with Crippen LogP contribution in [-0.2, 0) is 6.54 Å². The Morgan fingerprint density at radius 2 is 2.00 bits per heavy atom. The maximum atomic E-state index is 5.05. The Bertz CT molecular complexity index is 494. The van der Waals surface area contributed by atoms with Crippen LogP contribution in [0.2, 0.25) is 0 Å². The SMILES string of the molecule is Cc1cc(CNc2nnc(C)c(C)n2)on1. The summed E-state index contributed by atoms with van der Waals surface area (Å²) >= 11 is 0. The molecule has 6 nitrogen and oxygen atoms in total. The van der Waals surface area contributed by atoms with Crippen molar-refractivity contribution < 1.29 is 4.52 Å². The van der Waals surface area contributed by atoms with Gasteiger partial charge in [0.25, 0.3) is 0 Å². The fraction of sp³-hybridized carbons (Fsp3) is 0.400. The van der Waals surface area contributed by atoms with Gasteiger partial charge in [0.15, 0.2) is 5.76 Å². The lowest BCUT2D eigenvalue weighted by atomic mass is 10.4. The molecule has 6 heteroatoms. The van der Waals surface area contributed by atoms with E-state index in [0.29, 0.717) is 12.5 Å². The van der Waals surface area contributed by atoms with Gasteiger partial charge in [-0.1, -0.05) is 5.16 Å². The molecule has 0 aliphatic rings. The van der Waals surface area contributed by atoms with Crippen molar-refractivity contribution in [2.24, 2.45) is 0 Å². The second-order valence-electron chi connectivity index (χ2n) is 3.59. The Labute approximate surface area is 93.1 Å². The first-order valence-corrected chi connectivity index (χ1v) is 4.99. The molecule has 0 fully saturated rings. The molecule has 0 saturated heterocycles. The van der Waals surface area contributed by atoms with E-state index in [1.165, 1.54) is 0 Å². The van der Waals surface area contributed by atoms with Gasteiger partial charge in [-0.25, -0.2) is 4.98 Å². The molecule has 84 valence electrons. The summed E-state index contributed by atoms with van der Waals surface area (Å²) in [6, 6.07) is 1.86. The van der Waals surface area contributed by atoms with Gasteiger partial charge in [-0.2, -0.15) is 5.10 Å². The zero-order valence-corrected chi connectivity index (χ0v) is 9.48. The summed E-state index contributed by atoms with van der Waals surface area (Å²) in [6.45, 7) is 6.15. The summed E-state index contributed by atoms with van der Waals surface area (Å²) in [5, 5.41) is 14.7. The number of nitrogens with zero attached hydrogens (tertiary/aromatic N) is 4. The van der Waals surface area contributed by atoms with Crippen LogP contribution in [0.4, 0.5) is 5.95 Å². The first-order valence-electron chi connectivity index (χ1n) is 4.99. The van der Waals surface area contributed by atoms with E-state index in [-0.39, 0.29) is 0 Å².